The van der Waals surface area contributed by atoms with Gasteiger partial charge in [0.15, 0.2) is 0 Å². The van der Waals surface area contributed by atoms with Gasteiger partial charge in [0, 0.05) is 6.20 Å². The Morgan fingerprint density at radius 3 is 3.00 bits per heavy atom. The Balaban J connectivity index is 2.72. The molecule has 0 aliphatic carbocycles. The van der Waals surface area contributed by atoms with Crippen LogP contribution in [0.15, 0.2) is 24.4 Å². The molecule has 0 unspecified atom stereocenters. The molecule has 0 spiro atoms. The Hall–Kier alpha value is -1.42. The van der Waals surface area contributed by atoms with E-state index < -0.39 is 6.04 Å². The van der Waals surface area contributed by atoms with E-state index >= 15 is 0 Å². The van der Waals surface area contributed by atoms with Gasteiger partial charge in [-0.25, -0.2) is 0 Å². The van der Waals surface area contributed by atoms with Gasteiger partial charge in [-0.15, -0.1) is 0 Å². The largest absolute Gasteiger partial charge is 0.394 e. The number of aliphatic hydroxyl groups excluding tert-OH is 1. The summed E-state index contributed by atoms with van der Waals surface area (Å²) >= 11 is 0. The fourth-order valence-electron chi connectivity index (χ4n) is 0.896. The second-order valence-corrected chi connectivity index (χ2v) is 2.27. The van der Waals surface area contributed by atoms with Crippen molar-refractivity contribution in [2.75, 3.05) is 6.61 Å². The number of carbonyl (C=O) groups excluding carboxylic acids is 1. The van der Waals surface area contributed by atoms with E-state index in [2.05, 4.69) is 10.3 Å². The molecule has 0 fully saturated rings. The summed E-state index contributed by atoms with van der Waals surface area (Å²) in [7, 11) is 0. The molecule has 4 nitrogen and oxygen atoms in total. The zero-order valence-corrected chi connectivity index (χ0v) is 6.47. The molecule has 64 valence electrons. The van der Waals surface area contributed by atoms with E-state index in [1.807, 2.05) is 0 Å². The first kappa shape index (κ1) is 8.67. The maximum atomic E-state index is 10.1. The van der Waals surface area contributed by atoms with Gasteiger partial charge in [-0.1, -0.05) is 6.07 Å². The van der Waals surface area contributed by atoms with E-state index in [4.69, 9.17) is 5.11 Å². The van der Waals surface area contributed by atoms with E-state index in [-0.39, 0.29) is 6.61 Å². The van der Waals surface area contributed by atoms with Gasteiger partial charge in [-0.2, -0.15) is 0 Å². The Bertz CT molecular complexity index is 238. The van der Waals surface area contributed by atoms with Crippen LogP contribution in [0.1, 0.15) is 11.7 Å². The number of hydrogen-bond acceptors (Lipinski definition) is 3. The van der Waals surface area contributed by atoms with Crippen molar-refractivity contribution < 1.29 is 9.90 Å². The van der Waals surface area contributed by atoms with Gasteiger partial charge in [0.25, 0.3) is 0 Å². The molecule has 0 radical (unpaired) electrons. The first-order valence-corrected chi connectivity index (χ1v) is 3.60. The topological polar surface area (TPSA) is 62.2 Å². The van der Waals surface area contributed by atoms with Crippen LogP contribution < -0.4 is 5.32 Å². The molecule has 2 N–H and O–H groups in total. The third kappa shape index (κ3) is 2.03. The Kier molecular flexibility index (Phi) is 3.22. The molecule has 0 aliphatic rings. The fraction of sp³-hybridized carbons (Fsp3) is 0.250. The highest BCUT2D eigenvalue weighted by Crippen LogP contribution is 2.06. The van der Waals surface area contributed by atoms with Crippen molar-refractivity contribution in [2.45, 2.75) is 6.04 Å². The first-order valence-electron chi connectivity index (χ1n) is 3.60. The molecule has 0 saturated heterocycles. The van der Waals surface area contributed by atoms with Crippen LogP contribution in [0.5, 0.6) is 0 Å². The highest BCUT2D eigenvalue weighted by molar-refractivity contribution is 5.47. The summed E-state index contributed by atoms with van der Waals surface area (Å²) in [6.45, 7) is -0.143. The van der Waals surface area contributed by atoms with Crippen LogP contribution in [0.2, 0.25) is 0 Å². The van der Waals surface area contributed by atoms with Gasteiger partial charge in [-0.05, 0) is 12.1 Å². The van der Waals surface area contributed by atoms with E-state index in [1.54, 1.807) is 24.4 Å². The minimum absolute atomic E-state index is 0.143. The number of rotatable bonds is 4. The van der Waals surface area contributed by atoms with Crippen molar-refractivity contribution in [1.29, 1.82) is 0 Å². The number of nitrogens with zero attached hydrogens (tertiary/aromatic N) is 1. The van der Waals surface area contributed by atoms with Gasteiger partial charge >= 0.3 is 0 Å². The number of aliphatic hydroxyl groups is 1. The van der Waals surface area contributed by atoms with Crippen LogP contribution in [0.25, 0.3) is 0 Å². The average molecular weight is 166 g/mol. The predicted octanol–water partition coefficient (Wildman–Crippen LogP) is -0.139. The zero-order valence-electron chi connectivity index (χ0n) is 6.47. The van der Waals surface area contributed by atoms with E-state index in [0.717, 1.165) is 0 Å². The molecular weight excluding hydrogens is 156 g/mol. The summed E-state index contributed by atoms with van der Waals surface area (Å²) < 4.78 is 0. The molecule has 0 bridgehead atoms. The lowest BCUT2D eigenvalue weighted by molar-refractivity contribution is -0.110. The smallest absolute Gasteiger partial charge is 0.207 e. The zero-order chi connectivity index (χ0) is 8.81. The monoisotopic (exact) mass is 166 g/mol. The third-order valence-electron chi connectivity index (χ3n) is 1.50. The van der Waals surface area contributed by atoms with Crippen molar-refractivity contribution in [3.63, 3.8) is 0 Å². The molecule has 0 saturated carbocycles. The number of hydrogen-bond donors (Lipinski definition) is 2. The Labute approximate surface area is 70.3 Å². The molecular formula is C8H10N2O2. The molecule has 0 aliphatic heterocycles. The van der Waals surface area contributed by atoms with Crippen molar-refractivity contribution in [3.8, 4) is 0 Å². The molecule has 12 heavy (non-hydrogen) atoms. The molecule has 1 aromatic rings. The van der Waals surface area contributed by atoms with Gasteiger partial charge < -0.3 is 10.4 Å². The Morgan fingerprint density at radius 2 is 2.50 bits per heavy atom. The lowest BCUT2D eigenvalue weighted by atomic mass is 10.2. The molecule has 0 aromatic carbocycles. The van der Waals surface area contributed by atoms with Crippen molar-refractivity contribution in [1.82, 2.24) is 10.3 Å². The SMILES string of the molecule is O=CN[C@@H](CO)c1ccccn1. The molecule has 1 aromatic heterocycles. The van der Waals surface area contributed by atoms with Gasteiger partial charge in [0.2, 0.25) is 6.41 Å². The van der Waals surface area contributed by atoms with Gasteiger partial charge in [0.05, 0.1) is 18.3 Å². The van der Waals surface area contributed by atoms with Crippen LogP contribution in [0, 0.1) is 0 Å². The van der Waals surface area contributed by atoms with E-state index in [0.29, 0.717) is 12.1 Å². The lowest BCUT2D eigenvalue weighted by Gasteiger charge is -2.11. The summed E-state index contributed by atoms with van der Waals surface area (Å²) in [4.78, 5) is 14.1. The maximum absolute atomic E-state index is 10.1. The Morgan fingerprint density at radius 1 is 1.67 bits per heavy atom. The molecule has 1 atom stereocenters. The number of carbonyl (C=O) groups is 1. The summed E-state index contributed by atoms with van der Waals surface area (Å²) in [6.07, 6.45) is 2.17. The minimum Gasteiger partial charge on any atom is -0.394 e. The number of amides is 1. The van der Waals surface area contributed by atoms with Crippen LogP contribution in [-0.2, 0) is 4.79 Å². The summed E-state index contributed by atoms with van der Waals surface area (Å²) in [6, 6.07) is 4.93. The quantitative estimate of drug-likeness (QED) is 0.612. The van der Waals surface area contributed by atoms with Crippen molar-refractivity contribution in [2.24, 2.45) is 0 Å². The van der Waals surface area contributed by atoms with E-state index in [1.165, 1.54) is 0 Å². The van der Waals surface area contributed by atoms with Crippen molar-refractivity contribution >= 4 is 6.41 Å². The second kappa shape index (κ2) is 4.46. The normalized spacial score (nSPS) is 12.1. The van der Waals surface area contributed by atoms with Gasteiger partial charge in [-0.3, -0.25) is 9.78 Å². The summed E-state index contributed by atoms with van der Waals surface area (Å²) in [5, 5.41) is 11.3. The summed E-state index contributed by atoms with van der Waals surface area (Å²) in [5.74, 6) is 0. The predicted molar refractivity (Wildman–Crippen MR) is 43.3 cm³/mol. The number of pyridine rings is 1. The maximum Gasteiger partial charge on any atom is 0.207 e. The average Bonchev–Trinajstić information content (AvgIpc) is 2.15. The standard InChI is InChI=1S/C8H10N2O2/c11-5-8(10-6-12)7-3-1-2-4-9-7/h1-4,6,8,11H,5H2,(H,10,12)/t8-/m0/s1. The number of nitrogens with one attached hydrogen (secondary N) is 1. The minimum atomic E-state index is -0.399. The van der Waals surface area contributed by atoms with Crippen molar-refractivity contribution in [3.05, 3.63) is 30.1 Å². The fourth-order valence-corrected chi connectivity index (χ4v) is 0.896. The van der Waals surface area contributed by atoms with Crippen LogP contribution >= 0.6 is 0 Å². The van der Waals surface area contributed by atoms with E-state index in [9.17, 15) is 4.79 Å². The second-order valence-electron chi connectivity index (χ2n) is 2.27. The number of aromatic nitrogens is 1. The highest BCUT2D eigenvalue weighted by Gasteiger charge is 2.08. The van der Waals surface area contributed by atoms with Crippen LogP contribution in [0.3, 0.4) is 0 Å². The highest BCUT2D eigenvalue weighted by atomic mass is 16.3. The van der Waals surface area contributed by atoms with Crippen LogP contribution in [-0.4, -0.2) is 23.1 Å². The van der Waals surface area contributed by atoms with Crippen LogP contribution in [0.4, 0.5) is 0 Å². The molecule has 1 heterocycles. The molecule has 4 heteroatoms. The molecule has 1 rings (SSSR count). The van der Waals surface area contributed by atoms with Gasteiger partial charge in [0.1, 0.15) is 0 Å². The third-order valence-corrected chi connectivity index (χ3v) is 1.50. The molecule has 1 amide bonds. The summed E-state index contributed by atoms with van der Waals surface area (Å²) in [5.41, 5.74) is 0.659. The lowest BCUT2D eigenvalue weighted by Crippen LogP contribution is -2.23. The first-order chi connectivity index (χ1) is 5.88.